The number of phenolic OH excluding ortho intramolecular Hbond substituents is 1. The van der Waals surface area contributed by atoms with Gasteiger partial charge in [0.2, 0.25) is 0 Å². The van der Waals surface area contributed by atoms with Crippen molar-refractivity contribution in [2.24, 2.45) is 24.6 Å². The molecule has 1 amide bonds. The van der Waals surface area contributed by atoms with Crippen LogP contribution in [0.2, 0.25) is 0 Å². The maximum atomic E-state index is 14.2. The molecule has 8 rings (SSSR count). The number of aryl methyl sites for hydroxylation is 1. The van der Waals surface area contributed by atoms with Crippen LogP contribution in [0.15, 0.2) is 48.5 Å². The summed E-state index contributed by atoms with van der Waals surface area (Å²) in [5.41, 5.74) is 11.4. The Bertz CT molecular complexity index is 1940. The second kappa shape index (κ2) is 9.54. The van der Waals surface area contributed by atoms with Crippen LogP contribution in [0.3, 0.4) is 0 Å². The summed E-state index contributed by atoms with van der Waals surface area (Å²) in [5, 5.41) is 10.6. The van der Waals surface area contributed by atoms with Crippen molar-refractivity contribution in [3.05, 3.63) is 59.9 Å². The molecule has 220 valence electrons. The molecule has 9 nitrogen and oxygen atoms in total. The number of methoxy groups -OCH3 is 1. The number of halogens is 1. The van der Waals surface area contributed by atoms with Crippen LogP contribution in [0, 0.1) is 17.7 Å². The van der Waals surface area contributed by atoms with Gasteiger partial charge in [0.05, 0.1) is 24.0 Å². The first-order valence-corrected chi connectivity index (χ1v) is 14.9. The van der Waals surface area contributed by atoms with Crippen LogP contribution in [0.25, 0.3) is 44.8 Å². The van der Waals surface area contributed by atoms with Crippen molar-refractivity contribution >= 4 is 28.0 Å². The minimum absolute atomic E-state index is 0.0275. The number of aromatic nitrogens is 4. The van der Waals surface area contributed by atoms with Gasteiger partial charge in [-0.1, -0.05) is 0 Å². The van der Waals surface area contributed by atoms with Crippen molar-refractivity contribution in [3.8, 4) is 34.3 Å². The number of hydrogen-bond donors (Lipinski definition) is 2. The summed E-state index contributed by atoms with van der Waals surface area (Å²) in [6.45, 7) is 1.49. The van der Waals surface area contributed by atoms with E-state index in [-0.39, 0.29) is 23.7 Å². The summed E-state index contributed by atoms with van der Waals surface area (Å²) in [5.74, 6) is 1.17. The molecule has 5 aromatic rings. The van der Waals surface area contributed by atoms with Gasteiger partial charge in [-0.3, -0.25) is 4.79 Å². The van der Waals surface area contributed by atoms with Crippen LogP contribution >= 0.6 is 0 Å². The largest absolute Gasteiger partial charge is 0.505 e. The monoisotopic (exact) mass is 580 g/mol. The number of hydrogen-bond acceptors (Lipinski definition) is 6. The number of nitrogens with zero attached hydrogens (tertiary/aromatic N) is 5. The molecule has 3 fully saturated rings. The molecular weight excluding hydrogens is 547 g/mol. The van der Waals surface area contributed by atoms with Crippen molar-refractivity contribution < 1.29 is 19.0 Å². The maximum absolute atomic E-state index is 14.2. The predicted octanol–water partition coefficient (Wildman–Crippen LogP) is 5.08. The second-order valence-electron chi connectivity index (χ2n) is 12.3. The topological polar surface area (TPSA) is 111 Å². The number of rotatable bonds is 6. The zero-order valence-corrected chi connectivity index (χ0v) is 24.1. The van der Waals surface area contributed by atoms with Gasteiger partial charge >= 0.3 is 0 Å². The molecule has 1 aliphatic heterocycles. The summed E-state index contributed by atoms with van der Waals surface area (Å²) < 4.78 is 24.2. The minimum atomic E-state index is -0.681. The molecule has 0 radical (unpaired) electrons. The highest BCUT2D eigenvalue weighted by molar-refractivity contribution is 6.00. The molecule has 1 saturated heterocycles. The fraction of sp³-hybridized carbons (Fsp3) is 0.364. The SMILES string of the molecule is COc1cc(C(=O)N2CC3CCC2C3N)cc2nc(-c3cc4ccc(-c5ccc(O)c(F)c5)nc4n3CC3CC3)n(C)c12. The number of nitrogens with two attached hydrogens (primary N) is 1. The highest BCUT2D eigenvalue weighted by Gasteiger charge is 2.47. The lowest BCUT2D eigenvalue weighted by Crippen LogP contribution is -2.41. The van der Waals surface area contributed by atoms with Gasteiger partial charge in [-0.2, -0.15) is 0 Å². The van der Waals surface area contributed by atoms with Gasteiger partial charge in [0.1, 0.15) is 16.9 Å². The Kier molecular flexibility index (Phi) is 5.81. The Morgan fingerprint density at radius 1 is 1.09 bits per heavy atom. The van der Waals surface area contributed by atoms with Crippen molar-refractivity contribution in [2.75, 3.05) is 13.7 Å². The van der Waals surface area contributed by atoms with E-state index in [1.54, 1.807) is 13.2 Å². The van der Waals surface area contributed by atoms with E-state index in [0.717, 1.165) is 60.3 Å². The highest BCUT2D eigenvalue weighted by atomic mass is 19.1. The molecule has 43 heavy (non-hydrogen) atoms. The fourth-order valence-electron chi connectivity index (χ4n) is 7.15. The predicted molar refractivity (Wildman–Crippen MR) is 161 cm³/mol. The molecule has 3 N–H and O–H groups in total. The normalized spacial score (nSPS) is 21.4. The number of imidazole rings is 1. The number of aromatic hydroxyl groups is 1. The molecule has 2 aliphatic carbocycles. The Morgan fingerprint density at radius 2 is 1.93 bits per heavy atom. The number of carbonyl (C=O) groups is 1. The lowest BCUT2D eigenvalue weighted by atomic mass is 10.1. The summed E-state index contributed by atoms with van der Waals surface area (Å²) >= 11 is 0. The van der Waals surface area contributed by atoms with Gasteiger partial charge in [0, 0.05) is 48.7 Å². The molecule has 2 bridgehead atoms. The molecule has 2 saturated carbocycles. The van der Waals surface area contributed by atoms with E-state index in [0.29, 0.717) is 46.5 Å². The number of amides is 1. The molecule has 2 aromatic carbocycles. The Balaban J connectivity index is 1.24. The van der Waals surface area contributed by atoms with Gasteiger partial charge < -0.3 is 29.6 Å². The van der Waals surface area contributed by atoms with Crippen LogP contribution in [0.5, 0.6) is 11.5 Å². The third-order valence-electron chi connectivity index (χ3n) is 9.67. The first-order chi connectivity index (χ1) is 20.8. The van der Waals surface area contributed by atoms with Gasteiger partial charge in [-0.05, 0) is 86.1 Å². The van der Waals surface area contributed by atoms with Crippen LogP contribution in [-0.2, 0) is 13.6 Å². The lowest BCUT2D eigenvalue weighted by Gasteiger charge is -2.27. The van der Waals surface area contributed by atoms with E-state index >= 15 is 0 Å². The molecular formula is C33H33FN6O3. The standard InChI is InChI=1S/C33H33FN6O3/c1-38-30-24(12-21(14-28(30)43-2)33(42)40-16-20-6-9-25(40)29(20)35)37-32(38)26-13-19-5-8-23(18-7-10-27(41)22(34)11-18)36-31(19)39(26)15-17-3-4-17/h5,7-8,10-14,17,20,25,29,41H,3-4,6,9,15-16,35H2,1-2H3. The smallest absolute Gasteiger partial charge is 0.254 e. The average Bonchev–Trinajstić information content (AvgIpc) is 3.42. The van der Waals surface area contributed by atoms with Gasteiger partial charge in [0.15, 0.2) is 17.4 Å². The molecule has 4 heterocycles. The van der Waals surface area contributed by atoms with E-state index < -0.39 is 5.82 Å². The summed E-state index contributed by atoms with van der Waals surface area (Å²) in [6, 6.07) is 14.1. The Morgan fingerprint density at radius 3 is 2.63 bits per heavy atom. The van der Waals surface area contributed by atoms with E-state index in [2.05, 4.69) is 10.6 Å². The number of pyridine rings is 1. The second-order valence-corrected chi connectivity index (χ2v) is 12.3. The first-order valence-electron chi connectivity index (χ1n) is 14.9. The van der Waals surface area contributed by atoms with Crippen LogP contribution in [0.1, 0.15) is 36.0 Å². The number of benzene rings is 2. The van der Waals surface area contributed by atoms with Crippen molar-refractivity contribution in [1.29, 1.82) is 0 Å². The molecule has 3 aromatic heterocycles. The highest BCUT2D eigenvalue weighted by Crippen LogP contribution is 2.40. The number of fused-ring (bicyclic) bond motifs is 4. The lowest BCUT2D eigenvalue weighted by molar-refractivity contribution is 0.0700. The zero-order chi connectivity index (χ0) is 29.6. The summed E-state index contributed by atoms with van der Waals surface area (Å²) in [7, 11) is 3.58. The molecule has 3 aliphatic rings. The van der Waals surface area contributed by atoms with Gasteiger partial charge in [-0.25, -0.2) is 14.4 Å². The zero-order valence-electron chi connectivity index (χ0n) is 24.1. The number of ether oxygens (including phenoxy) is 1. The number of carbonyl (C=O) groups excluding carboxylic acids is 1. The molecule has 10 heteroatoms. The summed E-state index contributed by atoms with van der Waals surface area (Å²) in [6.07, 6.45) is 4.35. The van der Waals surface area contributed by atoms with Gasteiger partial charge in [-0.15, -0.1) is 0 Å². The first kappa shape index (κ1) is 26.2. The van der Waals surface area contributed by atoms with Crippen molar-refractivity contribution in [3.63, 3.8) is 0 Å². The summed E-state index contributed by atoms with van der Waals surface area (Å²) in [4.78, 5) is 25.6. The number of piperidine rings is 1. The Hall–Kier alpha value is -4.44. The quantitative estimate of drug-likeness (QED) is 0.290. The van der Waals surface area contributed by atoms with E-state index in [1.807, 2.05) is 40.8 Å². The van der Waals surface area contributed by atoms with Gasteiger partial charge in [0.25, 0.3) is 5.91 Å². The van der Waals surface area contributed by atoms with E-state index in [4.69, 9.17) is 20.4 Å². The van der Waals surface area contributed by atoms with Crippen molar-refractivity contribution in [2.45, 2.75) is 44.3 Å². The number of likely N-dealkylation sites (tertiary alicyclic amines) is 1. The third-order valence-corrected chi connectivity index (χ3v) is 9.67. The van der Waals surface area contributed by atoms with E-state index in [9.17, 15) is 14.3 Å². The molecule has 3 atom stereocenters. The third kappa shape index (κ3) is 4.11. The maximum Gasteiger partial charge on any atom is 0.254 e. The number of phenols is 1. The van der Waals surface area contributed by atoms with E-state index in [1.165, 1.54) is 12.1 Å². The van der Waals surface area contributed by atoms with Crippen LogP contribution < -0.4 is 10.5 Å². The minimum Gasteiger partial charge on any atom is -0.505 e. The fourth-order valence-corrected chi connectivity index (χ4v) is 7.15. The van der Waals surface area contributed by atoms with Crippen LogP contribution in [0.4, 0.5) is 4.39 Å². The molecule has 0 spiro atoms. The van der Waals surface area contributed by atoms with Crippen LogP contribution in [-0.4, -0.2) is 60.8 Å². The average molecular weight is 581 g/mol. The Labute approximate surface area is 247 Å². The molecule has 3 unspecified atom stereocenters. The van der Waals surface area contributed by atoms with Crippen molar-refractivity contribution in [1.82, 2.24) is 24.0 Å².